The minimum absolute atomic E-state index is 0.0984. The van der Waals surface area contributed by atoms with Gasteiger partial charge in [-0.3, -0.25) is 4.79 Å². The SMILES string of the molecule is C=CCCNC(=O)c1coc(C)c1. The van der Waals surface area contributed by atoms with Crippen LogP contribution in [-0.2, 0) is 0 Å². The predicted octanol–water partition coefficient (Wildman–Crippen LogP) is 1.89. The van der Waals surface area contributed by atoms with Crippen LogP contribution in [0.4, 0.5) is 0 Å². The summed E-state index contributed by atoms with van der Waals surface area (Å²) in [6, 6.07) is 1.71. The predicted molar refractivity (Wildman–Crippen MR) is 50.6 cm³/mol. The van der Waals surface area contributed by atoms with E-state index in [2.05, 4.69) is 11.9 Å². The molecule has 1 amide bonds. The topological polar surface area (TPSA) is 42.2 Å². The van der Waals surface area contributed by atoms with Crippen LogP contribution < -0.4 is 5.32 Å². The fourth-order valence-electron chi connectivity index (χ4n) is 0.952. The molecule has 0 fully saturated rings. The molecule has 1 aromatic rings. The molecule has 1 heterocycles. The summed E-state index contributed by atoms with van der Waals surface area (Å²) in [5.41, 5.74) is 0.571. The van der Waals surface area contributed by atoms with E-state index >= 15 is 0 Å². The Morgan fingerprint density at radius 1 is 1.77 bits per heavy atom. The first-order valence-corrected chi connectivity index (χ1v) is 4.18. The molecule has 1 rings (SSSR count). The van der Waals surface area contributed by atoms with E-state index < -0.39 is 0 Å². The molecule has 3 nitrogen and oxygen atoms in total. The Bertz CT molecular complexity index is 302. The Hall–Kier alpha value is -1.51. The van der Waals surface area contributed by atoms with Gasteiger partial charge in [-0.05, 0) is 19.4 Å². The van der Waals surface area contributed by atoms with Gasteiger partial charge < -0.3 is 9.73 Å². The number of carbonyl (C=O) groups is 1. The molecule has 0 bridgehead atoms. The molecule has 3 heteroatoms. The van der Waals surface area contributed by atoms with Gasteiger partial charge in [-0.25, -0.2) is 0 Å². The molecule has 1 aromatic heterocycles. The zero-order valence-electron chi connectivity index (χ0n) is 7.67. The maximum absolute atomic E-state index is 11.3. The van der Waals surface area contributed by atoms with Gasteiger partial charge in [0.05, 0.1) is 5.56 Å². The van der Waals surface area contributed by atoms with Crippen molar-refractivity contribution in [3.05, 3.63) is 36.3 Å². The molecule has 0 atom stereocenters. The quantitative estimate of drug-likeness (QED) is 0.566. The van der Waals surface area contributed by atoms with Gasteiger partial charge in [0.15, 0.2) is 0 Å². The largest absolute Gasteiger partial charge is 0.469 e. The van der Waals surface area contributed by atoms with Crippen molar-refractivity contribution < 1.29 is 9.21 Å². The van der Waals surface area contributed by atoms with Gasteiger partial charge in [-0.1, -0.05) is 6.08 Å². The number of furan rings is 1. The lowest BCUT2D eigenvalue weighted by molar-refractivity contribution is 0.0954. The fraction of sp³-hybridized carbons (Fsp3) is 0.300. The Morgan fingerprint density at radius 2 is 2.54 bits per heavy atom. The molecule has 0 aliphatic heterocycles. The lowest BCUT2D eigenvalue weighted by Crippen LogP contribution is -2.23. The van der Waals surface area contributed by atoms with Crippen LogP contribution in [-0.4, -0.2) is 12.5 Å². The lowest BCUT2D eigenvalue weighted by Gasteiger charge is -1.99. The summed E-state index contributed by atoms with van der Waals surface area (Å²) in [5, 5.41) is 2.74. The van der Waals surface area contributed by atoms with E-state index in [-0.39, 0.29) is 5.91 Å². The van der Waals surface area contributed by atoms with E-state index in [9.17, 15) is 4.79 Å². The molecule has 0 radical (unpaired) electrons. The standard InChI is InChI=1S/C10H13NO2/c1-3-4-5-11-10(12)9-6-8(2)13-7-9/h3,6-7H,1,4-5H2,2H3,(H,11,12). The van der Waals surface area contributed by atoms with Crippen molar-refractivity contribution in [3.8, 4) is 0 Å². The number of aryl methyl sites for hydroxylation is 1. The summed E-state index contributed by atoms with van der Waals surface area (Å²) in [4.78, 5) is 11.3. The normalized spacial score (nSPS) is 9.62. The zero-order valence-corrected chi connectivity index (χ0v) is 7.67. The van der Waals surface area contributed by atoms with Gasteiger partial charge in [0.25, 0.3) is 5.91 Å². The molecule has 0 aromatic carbocycles. The molecule has 0 saturated heterocycles. The highest BCUT2D eigenvalue weighted by atomic mass is 16.3. The molecule has 0 unspecified atom stereocenters. The Labute approximate surface area is 77.4 Å². The zero-order chi connectivity index (χ0) is 9.68. The van der Waals surface area contributed by atoms with Gasteiger partial charge in [0.1, 0.15) is 12.0 Å². The average Bonchev–Trinajstić information content (AvgIpc) is 2.52. The minimum atomic E-state index is -0.0984. The van der Waals surface area contributed by atoms with Crippen molar-refractivity contribution in [1.82, 2.24) is 5.32 Å². The highest BCUT2D eigenvalue weighted by Crippen LogP contribution is 2.05. The Morgan fingerprint density at radius 3 is 3.08 bits per heavy atom. The summed E-state index contributed by atoms with van der Waals surface area (Å²) in [6.07, 6.45) is 4.00. The molecule has 0 aliphatic rings. The second-order valence-electron chi connectivity index (χ2n) is 2.78. The Kier molecular flexibility index (Phi) is 3.31. The van der Waals surface area contributed by atoms with Crippen LogP contribution in [0.1, 0.15) is 22.5 Å². The van der Waals surface area contributed by atoms with Gasteiger partial charge in [0, 0.05) is 6.54 Å². The number of hydrogen-bond acceptors (Lipinski definition) is 2. The summed E-state index contributed by atoms with van der Waals surface area (Å²) < 4.78 is 5.01. The van der Waals surface area contributed by atoms with Gasteiger partial charge in [0.2, 0.25) is 0 Å². The van der Waals surface area contributed by atoms with E-state index in [1.54, 1.807) is 19.1 Å². The summed E-state index contributed by atoms with van der Waals surface area (Å²) in [6.45, 7) is 5.99. The maximum atomic E-state index is 11.3. The van der Waals surface area contributed by atoms with E-state index in [1.165, 1.54) is 6.26 Å². The molecular formula is C10H13NO2. The van der Waals surface area contributed by atoms with Crippen LogP contribution in [0.2, 0.25) is 0 Å². The Balaban J connectivity index is 2.44. The molecular weight excluding hydrogens is 166 g/mol. The number of hydrogen-bond donors (Lipinski definition) is 1. The minimum Gasteiger partial charge on any atom is -0.469 e. The van der Waals surface area contributed by atoms with Crippen molar-refractivity contribution in [3.63, 3.8) is 0 Å². The smallest absolute Gasteiger partial charge is 0.254 e. The van der Waals surface area contributed by atoms with Crippen LogP contribution >= 0.6 is 0 Å². The molecule has 0 spiro atoms. The summed E-state index contributed by atoms with van der Waals surface area (Å²) in [5.74, 6) is 0.646. The first kappa shape index (κ1) is 9.58. The third kappa shape index (κ3) is 2.78. The third-order valence-corrected chi connectivity index (χ3v) is 1.63. The third-order valence-electron chi connectivity index (χ3n) is 1.63. The van der Waals surface area contributed by atoms with Gasteiger partial charge in [-0.15, -0.1) is 6.58 Å². The summed E-state index contributed by atoms with van der Waals surface area (Å²) in [7, 11) is 0. The highest BCUT2D eigenvalue weighted by molar-refractivity contribution is 5.93. The van der Waals surface area contributed by atoms with Crippen molar-refractivity contribution >= 4 is 5.91 Å². The first-order valence-electron chi connectivity index (χ1n) is 4.18. The molecule has 1 N–H and O–H groups in total. The highest BCUT2D eigenvalue weighted by Gasteiger charge is 2.06. The molecule has 0 saturated carbocycles. The number of rotatable bonds is 4. The van der Waals surface area contributed by atoms with E-state index in [0.29, 0.717) is 12.1 Å². The number of carbonyl (C=O) groups excluding carboxylic acids is 1. The monoisotopic (exact) mass is 179 g/mol. The van der Waals surface area contributed by atoms with E-state index in [0.717, 1.165) is 12.2 Å². The van der Waals surface area contributed by atoms with Crippen LogP contribution in [0.3, 0.4) is 0 Å². The van der Waals surface area contributed by atoms with Crippen LogP contribution in [0.25, 0.3) is 0 Å². The molecule has 13 heavy (non-hydrogen) atoms. The van der Waals surface area contributed by atoms with Crippen molar-refractivity contribution in [2.24, 2.45) is 0 Å². The van der Waals surface area contributed by atoms with E-state index in [1.807, 2.05) is 0 Å². The van der Waals surface area contributed by atoms with Gasteiger partial charge in [-0.2, -0.15) is 0 Å². The number of amides is 1. The fourth-order valence-corrected chi connectivity index (χ4v) is 0.952. The second kappa shape index (κ2) is 4.50. The van der Waals surface area contributed by atoms with Gasteiger partial charge >= 0.3 is 0 Å². The van der Waals surface area contributed by atoms with Crippen molar-refractivity contribution in [1.29, 1.82) is 0 Å². The van der Waals surface area contributed by atoms with E-state index in [4.69, 9.17) is 4.42 Å². The van der Waals surface area contributed by atoms with Crippen LogP contribution in [0, 0.1) is 6.92 Å². The van der Waals surface area contributed by atoms with Crippen molar-refractivity contribution in [2.75, 3.05) is 6.54 Å². The number of nitrogens with one attached hydrogen (secondary N) is 1. The first-order chi connectivity index (χ1) is 6.24. The maximum Gasteiger partial charge on any atom is 0.254 e. The molecule has 70 valence electrons. The van der Waals surface area contributed by atoms with Crippen LogP contribution in [0.5, 0.6) is 0 Å². The van der Waals surface area contributed by atoms with Crippen molar-refractivity contribution in [2.45, 2.75) is 13.3 Å². The summed E-state index contributed by atoms with van der Waals surface area (Å²) >= 11 is 0. The lowest BCUT2D eigenvalue weighted by atomic mass is 10.3. The molecule has 0 aliphatic carbocycles. The average molecular weight is 179 g/mol. The van der Waals surface area contributed by atoms with Crippen LogP contribution in [0.15, 0.2) is 29.4 Å². The second-order valence-corrected chi connectivity index (χ2v) is 2.78.